The van der Waals surface area contributed by atoms with Crippen LogP contribution in [0.2, 0.25) is 13.3 Å². The minimum absolute atomic E-state index is 0.318. The van der Waals surface area contributed by atoms with Crippen molar-refractivity contribution >= 4 is 25.7 Å². The van der Waals surface area contributed by atoms with Gasteiger partial charge in [-0.05, 0) is 18.1 Å². The van der Waals surface area contributed by atoms with Gasteiger partial charge in [-0.1, -0.05) is 19.9 Å². The maximum absolute atomic E-state index is 5.49. The third-order valence-electron chi connectivity index (χ3n) is 4.92. The summed E-state index contributed by atoms with van der Waals surface area (Å²) >= 11 is -0.839. The van der Waals surface area contributed by atoms with Gasteiger partial charge in [0.15, 0.2) is 0 Å². The third kappa shape index (κ3) is 9.46. The number of hydrogen-bond acceptors (Lipinski definition) is 2. The van der Waals surface area contributed by atoms with Crippen molar-refractivity contribution in [3.8, 4) is 0 Å². The van der Waals surface area contributed by atoms with E-state index in [2.05, 4.69) is 45.3 Å². The van der Waals surface area contributed by atoms with Crippen molar-refractivity contribution in [2.45, 2.75) is 92.5 Å². The summed E-state index contributed by atoms with van der Waals surface area (Å²) in [6.45, 7) is 12.0. The van der Waals surface area contributed by atoms with Crippen LogP contribution in [0.4, 0.5) is 0 Å². The van der Waals surface area contributed by atoms with Crippen molar-refractivity contribution in [1.82, 2.24) is 0 Å². The zero-order valence-electron chi connectivity index (χ0n) is 17.8. The van der Waals surface area contributed by atoms with Gasteiger partial charge in [-0.2, -0.15) is 0 Å². The Balaban J connectivity index is 0.000000260. The molecule has 0 bridgehead atoms. The van der Waals surface area contributed by atoms with E-state index in [1.165, 1.54) is 38.5 Å². The summed E-state index contributed by atoms with van der Waals surface area (Å²) in [5.74, 6) is 1.30. The van der Waals surface area contributed by atoms with Crippen LogP contribution in [0.1, 0.15) is 73.1 Å². The topological polar surface area (TPSA) is 21.6 Å². The van der Waals surface area contributed by atoms with Crippen molar-refractivity contribution in [3.63, 3.8) is 0 Å². The summed E-state index contributed by atoms with van der Waals surface area (Å²) in [7, 11) is 0. The van der Waals surface area contributed by atoms with Gasteiger partial charge in [0.2, 0.25) is 5.90 Å². The quantitative estimate of drug-likeness (QED) is 0.239. The standard InChI is InChI=1S/C11H13NO.3C4H9.Sn/c1-8(2)10-7-13-11(12-10)9-5-3-4-6-9;3*1-3-4-2;/h3-5,8,10H,7H2,1-2H3;3*1,3-4H2,2H3;/t10-;;;;/m1..../s1. The SMILES string of the molecule is CC(C)[C@H]1COC(C2=C=CC=C2)=N1.CCC[CH2][Sn]([CH2]CCC)[CH2]CCC. The molecule has 0 saturated heterocycles. The molecule has 2 rings (SSSR count). The van der Waals surface area contributed by atoms with Gasteiger partial charge in [0, 0.05) is 0 Å². The minimum atomic E-state index is -0.839. The molecule has 0 spiro atoms. The monoisotopic (exact) mass is 466 g/mol. The Morgan fingerprint density at radius 3 is 2.04 bits per heavy atom. The number of rotatable bonds is 11. The van der Waals surface area contributed by atoms with Gasteiger partial charge >= 0.3 is 92.4 Å². The van der Waals surface area contributed by atoms with Crippen LogP contribution >= 0.6 is 0 Å². The van der Waals surface area contributed by atoms with Crippen molar-refractivity contribution in [2.24, 2.45) is 10.9 Å². The molecule has 0 amide bonds. The molecule has 147 valence electrons. The van der Waals surface area contributed by atoms with E-state index in [1.807, 2.05) is 18.2 Å². The Labute approximate surface area is 169 Å². The Bertz CT molecular complexity index is 481. The van der Waals surface area contributed by atoms with Crippen molar-refractivity contribution in [3.05, 3.63) is 29.5 Å². The van der Waals surface area contributed by atoms with E-state index in [-0.39, 0.29) is 0 Å². The molecule has 1 radical (unpaired) electrons. The van der Waals surface area contributed by atoms with E-state index in [9.17, 15) is 0 Å². The van der Waals surface area contributed by atoms with Crippen LogP contribution in [-0.4, -0.2) is 38.3 Å². The number of allylic oxidation sites excluding steroid dienone is 1. The van der Waals surface area contributed by atoms with E-state index in [1.54, 1.807) is 13.3 Å². The summed E-state index contributed by atoms with van der Waals surface area (Å²) in [5.41, 5.74) is 4.06. The molecule has 0 N–H and O–H groups in total. The first kappa shape index (κ1) is 23.6. The Morgan fingerprint density at radius 2 is 1.65 bits per heavy atom. The van der Waals surface area contributed by atoms with Gasteiger partial charge in [0.1, 0.15) is 6.61 Å². The van der Waals surface area contributed by atoms with Crippen LogP contribution < -0.4 is 0 Å². The first-order valence-electron chi connectivity index (χ1n) is 10.8. The van der Waals surface area contributed by atoms with E-state index in [0.29, 0.717) is 18.6 Å². The summed E-state index contributed by atoms with van der Waals surface area (Å²) in [6.07, 6.45) is 14.6. The van der Waals surface area contributed by atoms with Crippen LogP contribution in [0.15, 0.2) is 34.5 Å². The predicted octanol–water partition coefficient (Wildman–Crippen LogP) is 6.97. The molecule has 1 heterocycles. The molecule has 2 aliphatic rings. The number of ether oxygens (including phenoxy) is 1. The van der Waals surface area contributed by atoms with E-state index in [0.717, 1.165) is 11.5 Å². The van der Waals surface area contributed by atoms with Gasteiger partial charge in [0.25, 0.3) is 0 Å². The molecule has 1 aliphatic carbocycles. The zero-order valence-corrected chi connectivity index (χ0v) is 20.7. The molecule has 2 nitrogen and oxygen atoms in total. The molecule has 3 heteroatoms. The summed E-state index contributed by atoms with van der Waals surface area (Å²) < 4.78 is 10.5. The zero-order chi connectivity index (χ0) is 19.2. The molecule has 0 aromatic carbocycles. The average molecular weight is 465 g/mol. The normalized spacial score (nSPS) is 18.0. The number of unbranched alkanes of at least 4 members (excludes halogenated alkanes) is 3. The fraction of sp³-hybridized carbons (Fsp3) is 0.739. The van der Waals surface area contributed by atoms with Crippen molar-refractivity contribution in [1.29, 1.82) is 0 Å². The third-order valence-corrected chi connectivity index (χ3v) is 14.0. The molecule has 1 aliphatic heterocycles. The summed E-state index contributed by atoms with van der Waals surface area (Å²) in [6, 6.07) is 0.318. The number of aliphatic imine (C=N–C) groups is 1. The second kappa shape index (κ2) is 14.6. The summed E-state index contributed by atoms with van der Waals surface area (Å²) in [4.78, 5) is 4.49. The molecular formula is C23H40NOSn. The molecule has 26 heavy (non-hydrogen) atoms. The van der Waals surface area contributed by atoms with E-state index in [4.69, 9.17) is 4.74 Å². The van der Waals surface area contributed by atoms with Crippen molar-refractivity contribution < 1.29 is 4.74 Å². The van der Waals surface area contributed by atoms with Gasteiger partial charge < -0.3 is 4.74 Å². The van der Waals surface area contributed by atoms with Gasteiger partial charge in [0.05, 0.1) is 11.6 Å². The Morgan fingerprint density at radius 1 is 1.08 bits per heavy atom. The first-order valence-corrected chi connectivity index (χ1v) is 16.9. The molecule has 0 saturated carbocycles. The van der Waals surface area contributed by atoms with Gasteiger partial charge in [-0.3, -0.25) is 0 Å². The second-order valence-corrected chi connectivity index (χ2v) is 16.3. The van der Waals surface area contributed by atoms with Crippen LogP contribution in [0.25, 0.3) is 0 Å². The maximum atomic E-state index is 5.49. The van der Waals surface area contributed by atoms with Crippen molar-refractivity contribution in [2.75, 3.05) is 6.61 Å². The molecule has 0 unspecified atom stereocenters. The van der Waals surface area contributed by atoms with Crippen LogP contribution in [-0.2, 0) is 4.74 Å². The Hall–Kier alpha value is -0.471. The second-order valence-electron chi connectivity index (χ2n) is 7.70. The van der Waals surface area contributed by atoms with Crippen LogP contribution in [0, 0.1) is 5.92 Å². The number of hydrogen-bond donors (Lipinski definition) is 0. The summed E-state index contributed by atoms with van der Waals surface area (Å²) in [5, 5.41) is 0. The molecule has 0 fully saturated rings. The average Bonchev–Trinajstić information content (AvgIpc) is 3.32. The Kier molecular flexibility index (Phi) is 13.2. The van der Waals surface area contributed by atoms with Crippen LogP contribution in [0.5, 0.6) is 0 Å². The van der Waals surface area contributed by atoms with E-state index < -0.39 is 19.8 Å². The first-order chi connectivity index (χ1) is 12.6. The molecular weight excluding hydrogens is 425 g/mol. The molecule has 1 atom stereocenters. The van der Waals surface area contributed by atoms with Gasteiger partial charge in [-0.15, -0.1) is 5.73 Å². The predicted molar refractivity (Wildman–Crippen MR) is 118 cm³/mol. The number of nitrogens with zero attached hydrogens (tertiary/aromatic N) is 1. The fourth-order valence-corrected chi connectivity index (χ4v) is 12.4. The van der Waals surface area contributed by atoms with Crippen LogP contribution in [0.3, 0.4) is 0 Å². The van der Waals surface area contributed by atoms with E-state index >= 15 is 0 Å². The molecule has 0 aromatic heterocycles. The molecule has 0 aromatic rings. The van der Waals surface area contributed by atoms with Gasteiger partial charge in [-0.25, -0.2) is 4.99 Å². The fourth-order valence-electron chi connectivity index (χ4n) is 3.00.